The fourth-order valence-electron chi connectivity index (χ4n) is 3.52. The third-order valence-electron chi connectivity index (χ3n) is 5.12. The van der Waals surface area contributed by atoms with Crippen LogP contribution in [0.4, 0.5) is 10.6 Å². The van der Waals surface area contributed by atoms with E-state index in [2.05, 4.69) is 28.2 Å². The second-order valence-corrected chi connectivity index (χ2v) is 7.60. The van der Waals surface area contributed by atoms with Gasteiger partial charge in [0.1, 0.15) is 11.3 Å². The number of aromatic nitrogens is 2. The molecule has 0 aliphatic heterocycles. The molecule has 0 amide bonds. The number of anilines is 1. The van der Waals surface area contributed by atoms with Crippen LogP contribution in [-0.4, -0.2) is 22.7 Å². The molecule has 0 bridgehead atoms. The van der Waals surface area contributed by atoms with Crippen LogP contribution in [0.1, 0.15) is 30.0 Å². The van der Waals surface area contributed by atoms with Crippen molar-refractivity contribution in [2.24, 2.45) is 0 Å². The highest BCUT2D eigenvalue weighted by molar-refractivity contribution is 6.08. The van der Waals surface area contributed by atoms with E-state index in [1.165, 1.54) is 0 Å². The van der Waals surface area contributed by atoms with Crippen molar-refractivity contribution in [2.75, 3.05) is 12.3 Å². The number of carbonyl (C=O) groups excluding carboxylic acids is 1. The molecule has 0 aliphatic carbocycles. The lowest BCUT2D eigenvalue weighted by molar-refractivity contribution is 0.0991. The Morgan fingerprint density at radius 1 is 1.00 bits per heavy atom. The maximum absolute atomic E-state index is 11.5. The highest BCUT2D eigenvalue weighted by atomic mass is 16.7. The van der Waals surface area contributed by atoms with E-state index < -0.39 is 6.16 Å². The molecule has 0 unspecified atom stereocenters. The van der Waals surface area contributed by atoms with Gasteiger partial charge in [-0.15, -0.1) is 0 Å². The average Bonchev–Trinajstić information content (AvgIpc) is 2.77. The van der Waals surface area contributed by atoms with Crippen molar-refractivity contribution in [3.05, 3.63) is 71.4 Å². The molecule has 4 rings (SSSR count). The summed E-state index contributed by atoms with van der Waals surface area (Å²) in [6.45, 7) is 4.33. The summed E-state index contributed by atoms with van der Waals surface area (Å²) in [6.07, 6.45) is 3.62. The topological polar surface area (TPSA) is 87.3 Å². The molecule has 0 saturated heterocycles. The van der Waals surface area contributed by atoms with Crippen molar-refractivity contribution in [3.63, 3.8) is 0 Å². The lowest BCUT2D eigenvalue weighted by Gasteiger charge is -2.09. The van der Waals surface area contributed by atoms with Gasteiger partial charge in [-0.25, -0.2) is 9.78 Å². The minimum Gasteiger partial charge on any atom is -0.434 e. The van der Waals surface area contributed by atoms with Crippen LogP contribution in [0, 0.1) is 6.92 Å². The number of rotatable bonds is 6. The quantitative estimate of drug-likeness (QED) is 0.258. The third-order valence-corrected chi connectivity index (χ3v) is 5.12. The van der Waals surface area contributed by atoms with Gasteiger partial charge in [-0.3, -0.25) is 4.98 Å². The van der Waals surface area contributed by atoms with Crippen LogP contribution in [0.2, 0.25) is 0 Å². The minimum atomic E-state index is -0.673. The molecule has 2 aromatic carbocycles. The van der Waals surface area contributed by atoms with E-state index in [1.807, 2.05) is 38.2 Å². The van der Waals surface area contributed by atoms with E-state index in [1.54, 1.807) is 12.1 Å². The molecule has 6 nitrogen and oxygen atoms in total. The van der Waals surface area contributed by atoms with Gasteiger partial charge in [0.15, 0.2) is 5.82 Å². The fourth-order valence-corrected chi connectivity index (χ4v) is 3.52. The smallest absolute Gasteiger partial charge is 0.434 e. The lowest BCUT2D eigenvalue weighted by atomic mass is 10.0. The Hall–Kier alpha value is -3.67. The summed E-state index contributed by atoms with van der Waals surface area (Å²) in [6, 6.07) is 15.8. The number of pyridine rings is 2. The van der Waals surface area contributed by atoms with Gasteiger partial charge in [-0.1, -0.05) is 31.2 Å². The van der Waals surface area contributed by atoms with Gasteiger partial charge >= 0.3 is 6.16 Å². The second-order valence-electron chi connectivity index (χ2n) is 7.60. The molecule has 0 spiro atoms. The minimum absolute atomic E-state index is 0.354. The maximum atomic E-state index is 11.5. The largest absolute Gasteiger partial charge is 0.513 e. The molecule has 158 valence electrons. The summed E-state index contributed by atoms with van der Waals surface area (Å²) in [4.78, 5) is 20.6. The highest BCUT2D eigenvalue weighted by Gasteiger charge is 2.10. The van der Waals surface area contributed by atoms with Gasteiger partial charge in [0.2, 0.25) is 0 Å². The Kier molecular flexibility index (Phi) is 5.98. The molecular formula is C25H25N3O3. The summed E-state index contributed by atoms with van der Waals surface area (Å²) in [5, 5.41) is 2.08. The summed E-state index contributed by atoms with van der Waals surface area (Å²) in [5.41, 5.74) is 11.2. The zero-order valence-electron chi connectivity index (χ0n) is 17.7. The molecule has 0 radical (unpaired) electrons. The first kappa shape index (κ1) is 20.6. The number of ether oxygens (including phenoxy) is 2. The Morgan fingerprint density at radius 2 is 1.77 bits per heavy atom. The summed E-state index contributed by atoms with van der Waals surface area (Å²) >= 11 is 0. The summed E-state index contributed by atoms with van der Waals surface area (Å²) in [5.74, 6) is 0.926. The number of carbonyl (C=O) groups is 1. The molecule has 31 heavy (non-hydrogen) atoms. The van der Waals surface area contributed by atoms with Gasteiger partial charge in [-0.2, -0.15) is 0 Å². The Balaban J connectivity index is 1.49. The van der Waals surface area contributed by atoms with Crippen LogP contribution < -0.4 is 10.5 Å². The van der Waals surface area contributed by atoms with Crippen molar-refractivity contribution in [2.45, 2.75) is 33.1 Å². The van der Waals surface area contributed by atoms with Gasteiger partial charge < -0.3 is 15.2 Å². The lowest BCUT2D eigenvalue weighted by Crippen LogP contribution is -2.10. The predicted molar refractivity (Wildman–Crippen MR) is 122 cm³/mol. The molecule has 2 heterocycles. The maximum Gasteiger partial charge on any atom is 0.513 e. The monoisotopic (exact) mass is 415 g/mol. The van der Waals surface area contributed by atoms with E-state index in [4.69, 9.17) is 15.2 Å². The number of benzene rings is 2. The second kappa shape index (κ2) is 9.00. The zero-order chi connectivity index (χ0) is 21.8. The fraction of sp³-hybridized carbons (Fsp3) is 0.240. The Morgan fingerprint density at radius 3 is 2.55 bits per heavy atom. The first-order valence-corrected chi connectivity index (χ1v) is 10.4. The van der Waals surface area contributed by atoms with Crippen LogP contribution in [-0.2, 0) is 17.6 Å². The molecular weight excluding hydrogens is 390 g/mol. The normalized spacial score (nSPS) is 11.0. The summed E-state index contributed by atoms with van der Waals surface area (Å²) < 4.78 is 10.1. The summed E-state index contributed by atoms with van der Waals surface area (Å²) in [7, 11) is 0. The van der Waals surface area contributed by atoms with Gasteiger partial charge in [0.25, 0.3) is 0 Å². The number of aryl methyl sites for hydroxylation is 3. The van der Waals surface area contributed by atoms with Crippen LogP contribution >= 0.6 is 0 Å². The van der Waals surface area contributed by atoms with Gasteiger partial charge in [0, 0.05) is 17.0 Å². The number of nitrogen functional groups attached to an aromatic ring is 1. The molecule has 0 saturated carbocycles. The predicted octanol–water partition coefficient (Wildman–Crippen LogP) is 5.38. The van der Waals surface area contributed by atoms with E-state index >= 15 is 0 Å². The molecule has 2 N–H and O–H groups in total. The van der Waals surface area contributed by atoms with Crippen molar-refractivity contribution in [1.29, 1.82) is 0 Å². The molecule has 0 fully saturated rings. The molecule has 2 aromatic heterocycles. The molecule has 0 aliphatic rings. The van der Waals surface area contributed by atoms with Gasteiger partial charge in [-0.05, 0) is 67.1 Å². The van der Waals surface area contributed by atoms with Crippen molar-refractivity contribution in [1.82, 2.24) is 9.97 Å². The number of hydrogen-bond donors (Lipinski definition) is 1. The van der Waals surface area contributed by atoms with Crippen molar-refractivity contribution >= 4 is 33.8 Å². The van der Waals surface area contributed by atoms with E-state index in [-0.39, 0.29) is 0 Å². The van der Waals surface area contributed by atoms with Crippen LogP contribution in [0.5, 0.6) is 5.75 Å². The zero-order valence-corrected chi connectivity index (χ0v) is 17.7. The van der Waals surface area contributed by atoms with Crippen LogP contribution in [0.15, 0.2) is 54.7 Å². The SMILES string of the molecule is CCCOC(=O)Oc1ccc(CCc2cnc3c(N)nc4cc(C)ccc4c3c2)cc1. The Bertz CT molecular complexity index is 1240. The Labute approximate surface area is 181 Å². The average molecular weight is 415 g/mol. The van der Waals surface area contributed by atoms with Crippen molar-refractivity contribution < 1.29 is 14.3 Å². The van der Waals surface area contributed by atoms with Crippen molar-refractivity contribution in [3.8, 4) is 5.75 Å². The number of fused-ring (bicyclic) bond motifs is 3. The first-order chi connectivity index (χ1) is 15.0. The van der Waals surface area contributed by atoms with E-state index in [0.717, 1.165) is 57.8 Å². The van der Waals surface area contributed by atoms with E-state index in [0.29, 0.717) is 18.2 Å². The molecule has 6 heteroatoms. The van der Waals surface area contributed by atoms with Crippen LogP contribution in [0.3, 0.4) is 0 Å². The molecule has 0 atom stereocenters. The number of nitrogens with zero attached hydrogens (tertiary/aromatic N) is 2. The van der Waals surface area contributed by atoms with E-state index in [9.17, 15) is 4.79 Å². The number of nitrogens with two attached hydrogens (primary N) is 1. The standard InChI is InChI=1S/C25H25N3O3/c1-3-12-30-25(29)31-19-9-7-17(8-10-19)5-6-18-14-21-20-11-4-16(2)13-22(20)28-24(26)23(21)27-15-18/h4,7-11,13-15H,3,5-6,12H2,1-2H3,(H2,26,28). The van der Waals surface area contributed by atoms with Crippen LogP contribution in [0.25, 0.3) is 21.8 Å². The highest BCUT2D eigenvalue weighted by Crippen LogP contribution is 2.28. The molecule has 4 aromatic rings. The van der Waals surface area contributed by atoms with Gasteiger partial charge in [0.05, 0.1) is 12.1 Å². The number of hydrogen-bond acceptors (Lipinski definition) is 6. The third kappa shape index (κ3) is 4.74. The first-order valence-electron chi connectivity index (χ1n) is 10.4.